The molecule has 1 aromatic heterocycles. The summed E-state index contributed by atoms with van der Waals surface area (Å²) in [6.07, 6.45) is 1.63. The molecule has 0 aromatic carbocycles. The summed E-state index contributed by atoms with van der Waals surface area (Å²) in [6.45, 7) is 3.98. The third-order valence-electron chi connectivity index (χ3n) is 2.26. The fourth-order valence-corrected chi connectivity index (χ4v) is 1.17. The van der Waals surface area contributed by atoms with Crippen molar-refractivity contribution in [3.63, 3.8) is 0 Å². The molecule has 0 saturated heterocycles. The van der Waals surface area contributed by atoms with E-state index >= 15 is 0 Å². The lowest BCUT2D eigenvalue weighted by atomic mass is 10.1. The van der Waals surface area contributed by atoms with Crippen molar-refractivity contribution in [3.05, 3.63) is 12.0 Å². The highest BCUT2D eigenvalue weighted by Crippen LogP contribution is 2.09. The lowest BCUT2D eigenvalue weighted by Gasteiger charge is -2.05. The first-order valence-electron chi connectivity index (χ1n) is 5.64. The topological polar surface area (TPSA) is 102 Å². The fraction of sp³-hybridized carbons (Fsp3) is 0.545. The van der Waals surface area contributed by atoms with Gasteiger partial charge >= 0.3 is 11.9 Å². The Morgan fingerprint density at radius 1 is 1.61 bits per heavy atom. The molecule has 0 aliphatic rings. The number of nitrogens with one attached hydrogen (secondary N) is 1. The van der Waals surface area contributed by atoms with E-state index in [1.165, 1.54) is 6.26 Å². The Morgan fingerprint density at radius 3 is 2.94 bits per heavy atom. The Morgan fingerprint density at radius 2 is 2.33 bits per heavy atom. The van der Waals surface area contributed by atoms with Gasteiger partial charge in [0.1, 0.15) is 6.26 Å². The number of aliphatic carboxylic acids is 1. The molecule has 0 radical (unpaired) electrons. The first-order valence-corrected chi connectivity index (χ1v) is 5.64. The van der Waals surface area contributed by atoms with E-state index < -0.39 is 17.9 Å². The molecular formula is C11H16N2O5. The van der Waals surface area contributed by atoms with Crippen molar-refractivity contribution in [1.29, 1.82) is 0 Å². The fourth-order valence-electron chi connectivity index (χ4n) is 1.17. The average molecular weight is 256 g/mol. The Bertz CT molecular complexity index is 415. The number of carbonyl (C=O) groups is 2. The van der Waals surface area contributed by atoms with Crippen LogP contribution in [0.3, 0.4) is 0 Å². The Hall–Kier alpha value is -2.05. The number of rotatable bonds is 7. The number of nitrogens with zero attached hydrogens (tertiary/aromatic N) is 1. The van der Waals surface area contributed by atoms with Crippen molar-refractivity contribution in [1.82, 2.24) is 4.98 Å². The second-order valence-corrected chi connectivity index (χ2v) is 3.71. The van der Waals surface area contributed by atoms with E-state index in [1.54, 1.807) is 13.8 Å². The summed E-state index contributed by atoms with van der Waals surface area (Å²) in [5, 5.41) is 11.5. The van der Waals surface area contributed by atoms with Crippen LogP contribution in [0.4, 0.5) is 6.01 Å². The van der Waals surface area contributed by atoms with Crippen LogP contribution in [0.2, 0.25) is 0 Å². The van der Waals surface area contributed by atoms with Crippen molar-refractivity contribution in [2.24, 2.45) is 5.92 Å². The van der Waals surface area contributed by atoms with Crippen LogP contribution in [-0.4, -0.2) is 35.2 Å². The number of ether oxygens (including phenoxy) is 1. The Kier molecular flexibility index (Phi) is 5.16. The highest BCUT2D eigenvalue weighted by atomic mass is 16.5. The molecule has 7 nitrogen and oxygen atoms in total. The smallest absolute Gasteiger partial charge is 0.360 e. The minimum absolute atomic E-state index is 0.0885. The summed E-state index contributed by atoms with van der Waals surface area (Å²) in [5.41, 5.74) is 0.0885. The molecule has 0 aliphatic carbocycles. The summed E-state index contributed by atoms with van der Waals surface area (Å²) < 4.78 is 9.75. The van der Waals surface area contributed by atoms with Gasteiger partial charge < -0.3 is 19.6 Å². The highest BCUT2D eigenvalue weighted by molar-refractivity contribution is 5.87. The van der Waals surface area contributed by atoms with Crippen LogP contribution in [0, 0.1) is 5.92 Å². The minimum atomic E-state index is -0.851. The van der Waals surface area contributed by atoms with E-state index in [0.29, 0.717) is 13.0 Å². The number of esters is 1. The van der Waals surface area contributed by atoms with Gasteiger partial charge in [-0.3, -0.25) is 4.79 Å². The summed E-state index contributed by atoms with van der Waals surface area (Å²) in [6, 6.07) is 0.177. The van der Waals surface area contributed by atoms with Gasteiger partial charge in [-0.1, -0.05) is 6.92 Å². The number of carbonyl (C=O) groups excluding carboxylic acids is 1. The van der Waals surface area contributed by atoms with Gasteiger partial charge in [-0.25, -0.2) is 4.79 Å². The van der Waals surface area contributed by atoms with Gasteiger partial charge in [0, 0.05) is 6.54 Å². The molecule has 18 heavy (non-hydrogen) atoms. The maximum Gasteiger partial charge on any atom is 0.360 e. The number of carboxylic acid groups (broad SMARTS) is 1. The zero-order valence-electron chi connectivity index (χ0n) is 10.3. The lowest BCUT2D eigenvalue weighted by molar-refractivity contribution is -0.141. The number of hydrogen-bond acceptors (Lipinski definition) is 6. The summed E-state index contributed by atoms with van der Waals surface area (Å²) >= 11 is 0. The molecule has 0 amide bonds. The predicted octanol–water partition coefficient (Wildman–Crippen LogP) is 1.37. The maximum atomic E-state index is 11.3. The van der Waals surface area contributed by atoms with Crippen molar-refractivity contribution in [2.75, 3.05) is 18.5 Å². The monoisotopic (exact) mass is 256 g/mol. The highest BCUT2D eigenvalue weighted by Gasteiger charge is 2.14. The lowest BCUT2D eigenvalue weighted by Crippen LogP contribution is -2.14. The van der Waals surface area contributed by atoms with Gasteiger partial charge in [0.2, 0.25) is 0 Å². The molecule has 2 N–H and O–H groups in total. The minimum Gasteiger partial charge on any atom is -0.481 e. The molecule has 100 valence electrons. The Labute approximate surface area is 104 Å². The second-order valence-electron chi connectivity index (χ2n) is 3.71. The van der Waals surface area contributed by atoms with Crippen molar-refractivity contribution < 1.29 is 23.8 Å². The standard InChI is InChI=1S/C11H16N2O5/c1-3-17-10(16)8-6-18-11(13-8)12-5-4-7(2)9(14)15/h6-7H,3-5H2,1-2H3,(H,12,13)(H,14,15). The molecule has 7 heteroatoms. The SMILES string of the molecule is CCOC(=O)c1coc(NCCC(C)C(=O)O)n1. The molecule has 0 bridgehead atoms. The molecule has 0 fully saturated rings. The molecule has 1 unspecified atom stereocenters. The molecule has 0 saturated carbocycles. The van der Waals surface area contributed by atoms with Crippen LogP contribution in [-0.2, 0) is 9.53 Å². The predicted molar refractivity (Wildman–Crippen MR) is 62.4 cm³/mol. The molecule has 1 aromatic rings. The van der Waals surface area contributed by atoms with Crippen molar-refractivity contribution in [2.45, 2.75) is 20.3 Å². The first kappa shape index (κ1) is 14.0. The average Bonchev–Trinajstić information content (AvgIpc) is 2.78. The zero-order valence-corrected chi connectivity index (χ0v) is 10.3. The number of anilines is 1. The first-order chi connectivity index (χ1) is 8.54. The van der Waals surface area contributed by atoms with Crippen molar-refractivity contribution >= 4 is 18.0 Å². The quantitative estimate of drug-likeness (QED) is 0.710. The van der Waals surface area contributed by atoms with E-state index in [2.05, 4.69) is 10.3 Å². The molecule has 0 spiro atoms. The molecule has 1 heterocycles. The van der Waals surface area contributed by atoms with Crippen LogP contribution in [0.25, 0.3) is 0 Å². The molecule has 1 rings (SSSR count). The molecule has 1 atom stereocenters. The third-order valence-corrected chi connectivity index (χ3v) is 2.26. The van der Waals surface area contributed by atoms with E-state index in [-0.39, 0.29) is 18.3 Å². The van der Waals surface area contributed by atoms with Crippen LogP contribution in [0.5, 0.6) is 0 Å². The molecule has 0 aliphatic heterocycles. The van der Waals surface area contributed by atoms with Gasteiger partial charge in [-0.2, -0.15) is 4.98 Å². The van der Waals surface area contributed by atoms with Crippen LogP contribution in [0.1, 0.15) is 30.8 Å². The third kappa shape index (κ3) is 4.08. The van der Waals surface area contributed by atoms with Crippen molar-refractivity contribution in [3.8, 4) is 0 Å². The second kappa shape index (κ2) is 6.63. The van der Waals surface area contributed by atoms with Gasteiger partial charge in [0.25, 0.3) is 6.01 Å². The number of carboxylic acids is 1. The normalized spacial score (nSPS) is 11.9. The van der Waals surface area contributed by atoms with Gasteiger partial charge in [-0.15, -0.1) is 0 Å². The maximum absolute atomic E-state index is 11.3. The van der Waals surface area contributed by atoms with Gasteiger partial charge in [-0.05, 0) is 13.3 Å². The van der Waals surface area contributed by atoms with E-state index in [4.69, 9.17) is 14.3 Å². The molecular weight excluding hydrogens is 240 g/mol. The van der Waals surface area contributed by atoms with E-state index in [1.807, 2.05) is 0 Å². The number of oxazole rings is 1. The number of hydrogen-bond donors (Lipinski definition) is 2. The summed E-state index contributed by atoms with van der Waals surface area (Å²) in [4.78, 5) is 25.7. The van der Waals surface area contributed by atoms with E-state index in [9.17, 15) is 9.59 Å². The van der Waals surface area contributed by atoms with Crippen LogP contribution < -0.4 is 5.32 Å². The Balaban J connectivity index is 2.40. The summed E-state index contributed by atoms with van der Waals surface area (Å²) in [5.74, 6) is -1.85. The zero-order chi connectivity index (χ0) is 13.5. The van der Waals surface area contributed by atoms with Crippen LogP contribution in [0.15, 0.2) is 10.7 Å². The largest absolute Gasteiger partial charge is 0.481 e. The van der Waals surface area contributed by atoms with Crippen LogP contribution >= 0.6 is 0 Å². The van der Waals surface area contributed by atoms with E-state index in [0.717, 1.165) is 0 Å². The van der Waals surface area contributed by atoms with Gasteiger partial charge in [0.05, 0.1) is 12.5 Å². The van der Waals surface area contributed by atoms with Gasteiger partial charge in [0.15, 0.2) is 5.69 Å². The number of aromatic nitrogens is 1. The summed E-state index contributed by atoms with van der Waals surface area (Å²) in [7, 11) is 0.